The molecule has 1 atom stereocenters. The third-order valence-electron chi connectivity index (χ3n) is 4.98. The van der Waals surface area contributed by atoms with Crippen molar-refractivity contribution in [2.24, 2.45) is 0 Å². The maximum Gasteiger partial charge on any atom is 0.272 e. The molecular weight excluding hydrogens is 342 g/mol. The highest BCUT2D eigenvalue weighted by atomic mass is 16.5. The zero-order chi connectivity index (χ0) is 18.8. The number of hydrogen-bond donors (Lipinski definition) is 1. The number of carbonyl (C=O) groups is 1. The Bertz CT molecular complexity index is 939. The fourth-order valence-electron chi connectivity index (χ4n) is 3.69. The molecule has 2 heterocycles. The number of fused-ring (bicyclic) bond motifs is 1. The summed E-state index contributed by atoms with van der Waals surface area (Å²) in [7, 11) is 3.26. The molecule has 0 saturated heterocycles. The fourth-order valence-corrected chi connectivity index (χ4v) is 3.69. The third kappa shape index (κ3) is 3.03. The van der Waals surface area contributed by atoms with E-state index in [-0.39, 0.29) is 11.9 Å². The van der Waals surface area contributed by atoms with Crippen LogP contribution in [0.5, 0.6) is 11.5 Å². The predicted molar refractivity (Wildman–Crippen MR) is 101 cm³/mol. The average molecular weight is 363 g/mol. The largest absolute Gasteiger partial charge is 0.493 e. The number of benzene rings is 2. The summed E-state index contributed by atoms with van der Waals surface area (Å²) in [5, 5.41) is 6.71. The molecule has 0 radical (unpaired) electrons. The molecular formula is C21H21N3O3. The van der Waals surface area contributed by atoms with Gasteiger partial charge in [-0.3, -0.25) is 9.89 Å². The number of methoxy groups -OCH3 is 2. The van der Waals surface area contributed by atoms with Gasteiger partial charge >= 0.3 is 0 Å². The van der Waals surface area contributed by atoms with Crippen LogP contribution in [0.25, 0.3) is 0 Å². The fraction of sp³-hybridized carbons (Fsp3) is 0.238. The molecule has 2 aromatic carbocycles. The van der Waals surface area contributed by atoms with Gasteiger partial charge in [-0.15, -0.1) is 0 Å². The van der Waals surface area contributed by atoms with Crippen LogP contribution in [-0.4, -0.2) is 41.8 Å². The van der Waals surface area contributed by atoms with Crippen LogP contribution in [0.3, 0.4) is 0 Å². The number of amides is 1. The lowest BCUT2D eigenvalue weighted by Gasteiger charge is -2.38. The van der Waals surface area contributed by atoms with Crippen molar-refractivity contribution in [1.82, 2.24) is 15.1 Å². The van der Waals surface area contributed by atoms with E-state index in [9.17, 15) is 4.79 Å². The van der Waals surface area contributed by atoms with Crippen LogP contribution in [0, 0.1) is 0 Å². The van der Waals surface area contributed by atoms with Gasteiger partial charge < -0.3 is 14.4 Å². The van der Waals surface area contributed by atoms with Crippen LogP contribution >= 0.6 is 0 Å². The van der Waals surface area contributed by atoms with E-state index in [0.717, 1.165) is 23.1 Å². The van der Waals surface area contributed by atoms with Gasteiger partial charge in [-0.05, 0) is 41.3 Å². The summed E-state index contributed by atoms with van der Waals surface area (Å²) < 4.78 is 11.0. The van der Waals surface area contributed by atoms with Crippen molar-refractivity contribution >= 4 is 5.91 Å². The minimum absolute atomic E-state index is 0.0678. The molecule has 0 saturated carbocycles. The van der Waals surface area contributed by atoms with E-state index in [1.165, 1.54) is 0 Å². The van der Waals surface area contributed by atoms with Crippen LogP contribution < -0.4 is 9.47 Å². The number of hydrogen-bond acceptors (Lipinski definition) is 4. The first kappa shape index (κ1) is 17.1. The summed E-state index contributed by atoms with van der Waals surface area (Å²) >= 11 is 0. The Morgan fingerprint density at radius 2 is 1.85 bits per heavy atom. The van der Waals surface area contributed by atoms with E-state index >= 15 is 0 Å². The molecule has 1 N–H and O–H groups in total. The molecule has 138 valence electrons. The van der Waals surface area contributed by atoms with Crippen LogP contribution in [0.2, 0.25) is 0 Å². The summed E-state index contributed by atoms with van der Waals surface area (Å²) in [5.41, 5.74) is 3.76. The number of ether oxygens (including phenoxy) is 2. The molecule has 0 unspecified atom stereocenters. The highest BCUT2D eigenvalue weighted by molar-refractivity contribution is 5.93. The summed E-state index contributed by atoms with van der Waals surface area (Å²) in [6.45, 7) is 0.611. The van der Waals surface area contributed by atoms with Gasteiger partial charge in [0.05, 0.1) is 20.3 Å². The standard InChI is InChI=1S/C21H21N3O3/c1-26-18-12-15-9-11-24(21(25)17-8-10-22-23-17)20(14-6-4-3-5-7-14)16(15)13-19(18)27-2/h3-8,10,12-13,20H,9,11H2,1-2H3,(H,22,23)/t20-/m1/s1. The second-order valence-corrected chi connectivity index (χ2v) is 6.44. The molecule has 3 aromatic rings. The van der Waals surface area contributed by atoms with Crippen molar-refractivity contribution in [3.63, 3.8) is 0 Å². The van der Waals surface area contributed by atoms with Crippen molar-refractivity contribution in [1.29, 1.82) is 0 Å². The Balaban J connectivity index is 1.85. The van der Waals surface area contributed by atoms with Gasteiger partial charge in [-0.1, -0.05) is 30.3 Å². The second-order valence-electron chi connectivity index (χ2n) is 6.44. The number of carbonyl (C=O) groups excluding carboxylic acids is 1. The van der Waals surface area contributed by atoms with E-state index in [4.69, 9.17) is 9.47 Å². The first-order valence-electron chi connectivity index (χ1n) is 8.83. The second kappa shape index (κ2) is 7.15. The van der Waals surface area contributed by atoms with Gasteiger partial charge in [-0.2, -0.15) is 5.10 Å². The summed E-state index contributed by atoms with van der Waals surface area (Å²) in [4.78, 5) is 15.0. The Kier molecular flexibility index (Phi) is 4.54. The molecule has 4 rings (SSSR count). The van der Waals surface area contributed by atoms with Crippen LogP contribution in [-0.2, 0) is 6.42 Å². The molecule has 6 heteroatoms. The zero-order valence-electron chi connectivity index (χ0n) is 15.3. The number of rotatable bonds is 4. The van der Waals surface area contributed by atoms with Gasteiger partial charge in [-0.25, -0.2) is 0 Å². The van der Waals surface area contributed by atoms with Gasteiger partial charge in [0.15, 0.2) is 11.5 Å². The van der Waals surface area contributed by atoms with E-state index < -0.39 is 0 Å². The molecule has 0 bridgehead atoms. The lowest BCUT2D eigenvalue weighted by Crippen LogP contribution is -2.40. The van der Waals surface area contributed by atoms with E-state index in [0.29, 0.717) is 23.7 Å². The monoisotopic (exact) mass is 363 g/mol. The van der Waals surface area contributed by atoms with Crippen molar-refractivity contribution in [3.05, 3.63) is 77.1 Å². The zero-order valence-corrected chi connectivity index (χ0v) is 15.3. The first-order valence-corrected chi connectivity index (χ1v) is 8.83. The van der Waals surface area contributed by atoms with Gasteiger partial charge in [0.2, 0.25) is 0 Å². The number of H-pyrrole nitrogens is 1. The van der Waals surface area contributed by atoms with Crippen molar-refractivity contribution < 1.29 is 14.3 Å². The highest BCUT2D eigenvalue weighted by Crippen LogP contribution is 2.41. The topological polar surface area (TPSA) is 67.5 Å². The van der Waals surface area contributed by atoms with Crippen molar-refractivity contribution in [2.75, 3.05) is 20.8 Å². The Hall–Kier alpha value is -3.28. The minimum Gasteiger partial charge on any atom is -0.493 e. The van der Waals surface area contributed by atoms with E-state index in [1.54, 1.807) is 26.5 Å². The predicted octanol–water partition coefficient (Wildman–Crippen LogP) is 3.21. The molecule has 1 aromatic heterocycles. The lowest BCUT2D eigenvalue weighted by molar-refractivity contribution is 0.0688. The maximum atomic E-state index is 13.1. The van der Waals surface area contributed by atoms with Crippen molar-refractivity contribution in [3.8, 4) is 11.5 Å². The number of aromatic nitrogens is 2. The normalized spacial score (nSPS) is 15.9. The molecule has 6 nitrogen and oxygen atoms in total. The van der Waals surface area contributed by atoms with Crippen LogP contribution in [0.15, 0.2) is 54.7 Å². The molecule has 1 aliphatic heterocycles. The highest BCUT2D eigenvalue weighted by Gasteiger charge is 2.34. The number of aromatic amines is 1. The maximum absolute atomic E-state index is 13.1. The molecule has 27 heavy (non-hydrogen) atoms. The molecule has 1 aliphatic rings. The third-order valence-corrected chi connectivity index (χ3v) is 4.98. The summed E-state index contributed by atoms with van der Waals surface area (Å²) in [6.07, 6.45) is 2.34. The summed E-state index contributed by atoms with van der Waals surface area (Å²) in [5.74, 6) is 1.30. The number of nitrogens with zero attached hydrogens (tertiary/aromatic N) is 2. The summed E-state index contributed by atoms with van der Waals surface area (Å²) in [6, 6.07) is 15.5. The van der Waals surface area contributed by atoms with Gasteiger partial charge in [0.25, 0.3) is 5.91 Å². The molecule has 0 fully saturated rings. The Morgan fingerprint density at radius 3 is 2.52 bits per heavy atom. The Labute approximate surface area is 157 Å². The quantitative estimate of drug-likeness (QED) is 0.773. The van der Waals surface area contributed by atoms with Crippen LogP contribution in [0.4, 0.5) is 0 Å². The van der Waals surface area contributed by atoms with E-state index in [1.807, 2.05) is 47.4 Å². The number of nitrogens with one attached hydrogen (secondary N) is 1. The molecule has 1 amide bonds. The van der Waals surface area contributed by atoms with E-state index in [2.05, 4.69) is 10.2 Å². The van der Waals surface area contributed by atoms with Crippen LogP contribution in [0.1, 0.15) is 33.2 Å². The minimum atomic E-state index is -0.203. The van der Waals surface area contributed by atoms with Crippen molar-refractivity contribution in [2.45, 2.75) is 12.5 Å². The lowest BCUT2D eigenvalue weighted by atomic mass is 9.87. The molecule has 0 spiro atoms. The average Bonchev–Trinajstić information content (AvgIpc) is 3.26. The smallest absolute Gasteiger partial charge is 0.272 e. The SMILES string of the molecule is COc1cc2c(cc1OC)[C@@H](c1ccccc1)N(C(=O)c1ccn[nH]1)CC2. The Morgan fingerprint density at radius 1 is 1.11 bits per heavy atom. The van der Waals surface area contributed by atoms with Gasteiger partial charge in [0.1, 0.15) is 5.69 Å². The van der Waals surface area contributed by atoms with Gasteiger partial charge in [0, 0.05) is 12.7 Å². The molecule has 0 aliphatic carbocycles. The first-order chi connectivity index (χ1) is 13.2.